The number of hydrogen-bond acceptors (Lipinski definition) is 5. The number of hydrogen-bond donors (Lipinski definition) is 1. The Bertz CT molecular complexity index is 807. The monoisotopic (exact) mass is 340 g/mol. The highest BCUT2D eigenvalue weighted by Crippen LogP contribution is 2.18. The van der Waals surface area contributed by atoms with Crippen LogP contribution in [-0.2, 0) is 11.3 Å². The van der Waals surface area contributed by atoms with Crippen molar-refractivity contribution in [1.29, 1.82) is 5.26 Å². The summed E-state index contributed by atoms with van der Waals surface area (Å²) in [5.41, 5.74) is 3.86. The average Bonchev–Trinajstić information content (AvgIpc) is 3.16. The van der Waals surface area contributed by atoms with E-state index in [1.165, 1.54) is 11.3 Å². The Labute approximate surface area is 143 Å². The van der Waals surface area contributed by atoms with Crippen LogP contribution < -0.4 is 5.32 Å². The molecule has 0 spiro atoms. The quantitative estimate of drug-likeness (QED) is 0.920. The summed E-state index contributed by atoms with van der Waals surface area (Å²) < 4.78 is 0. The highest BCUT2D eigenvalue weighted by Gasteiger charge is 2.33. The molecule has 1 N–H and O–H groups in total. The van der Waals surface area contributed by atoms with Crippen LogP contribution in [0.25, 0.3) is 0 Å². The number of thiazole rings is 1. The van der Waals surface area contributed by atoms with E-state index in [0.29, 0.717) is 35.6 Å². The molecule has 1 aromatic carbocycles. The zero-order valence-electron chi connectivity index (χ0n) is 13.2. The number of nitrogens with zero attached hydrogens (tertiary/aromatic N) is 3. The minimum atomic E-state index is -0.489. The number of rotatable bonds is 4. The Hall–Kier alpha value is -2.72. The molecule has 1 aliphatic rings. The van der Waals surface area contributed by atoms with Crippen LogP contribution in [0.5, 0.6) is 0 Å². The Morgan fingerprint density at radius 1 is 1.46 bits per heavy atom. The van der Waals surface area contributed by atoms with Crippen LogP contribution in [0.2, 0.25) is 0 Å². The van der Waals surface area contributed by atoms with Crippen molar-refractivity contribution in [3.05, 3.63) is 51.5 Å². The van der Waals surface area contributed by atoms with Gasteiger partial charge in [0.1, 0.15) is 10.9 Å². The number of benzene rings is 1. The summed E-state index contributed by atoms with van der Waals surface area (Å²) in [5, 5.41) is 11.6. The van der Waals surface area contributed by atoms with Crippen LogP contribution in [-0.4, -0.2) is 34.3 Å². The largest absolute Gasteiger partial charge is 0.339 e. The van der Waals surface area contributed by atoms with Crippen molar-refractivity contribution in [3.8, 4) is 6.07 Å². The summed E-state index contributed by atoms with van der Waals surface area (Å²) in [4.78, 5) is 31.0. The third-order valence-corrected chi connectivity index (χ3v) is 4.94. The first-order valence-electron chi connectivity index (χ1n) is 7.57. The van der Waals surface area contributed by atoms with Crippen LogP contribution in [0, 0.1) is 18.3 Å². The van der Waals surface area contributed by atoms with Crippen molar-refractivity contribution < 1.29 is 9.59 Å². The van der Waals surface area contributed by atoms with Crippen molar-refractivity contribution in [1.82, 2.24) is 15.2 Å². The number of nitrogens with one attached hydrogen (secondary N) is 1. The first-order chi connectivity index (χ1) is 11.6. The predicted molar refractivity (Wildman–Crippen MR) is 89.3 cm³/mol. The lowest BCUT2D eigenvalue weighted by atomic mass is 10.1. The minimum Gasteiger partial charge on any atom is -0.339 e. The van der Waals surface area contributed by atoms with Gasteiger partial charge < -0.3 is 10.2 Å². The zero-order chi connectivity index (χ0) is 17.1. The molecule has 0 bridgehead atoms. The van der Waals surface area contributed by atoms with E-state index in [1.54, 1.807) is 29.5 Å². The number of amides is 2. The molecule has 2 aromatic rings. The lowest BCUT2D eigenvalue weighted by Crippen LogP contribution is -2.41. The molecular formula is C17H16N4O2S. The first-order valence-corrected chi connectivity index (χ1v) is 8.45. The van der Waals surface area contributed by atoms with Gasteiger partial charge in [-0.3, -0.25) is 9.59 Å². The summed E-state index contributed by atoms with van der Waals surface area (Å²) >= 11 is 1.27. The number of aromatic nitrogens is 1. The van der Waals surface area contributed by atoms with Crippen LogP contribution in [0.3, 0.4) is 0 Å². The molecule has 24 heavy (non-hydrogen) atoms. The van der Waals surface area contributed by atoms with E-state index in [1.807, 2.05) is 12.1 Å². The number of carbonyl (C=O) groups excluding carboxylic acids is 2. The fourth-order valence-electron chi connectivity index (χ4n) is 2.68. The van der Waals surface area contributed by atoms with Crippen molar-refractivity contribution in [3.63, 3.8) is 0 Å². The fourth-order valence-corrected chi connectivity index (χ4v) is 3.38. The highest BCUT2D eigenvalue weighted by molar-refractivity contribution is 7.11. The second kappa shape index (κ2) is 6.81. The molecule has 2 heterocycles. The molecule has 6 nitrogen and oxygen atoms in total. The second-order valence-electron chi connectivity index (χ2n) is 5.65. The van der Waals surface area contributed by atoms with Gasteiger partial charge in [0, 0.05) is 13.1 Å². The van der Waals surface area contributed by atoms with E-state index in [4.69, 9.17) is 5.26 Å². The van der Waals surface area contributed by atoms with Gasteiger partial charge in [-0.25, -0.2) is 4.98 Å². The molecule has 1 saturated heterocycles. The highest BCUT2D eigenvalue weighted by atomic mass is 32.1. The SMILES string of the molecule is Cc1ncsc1C(=O)N[C@@H]1CCN(Cc2ccc(C#N)cc2)C1=O. The van der Waals surface area contributed by atoms with E-state index >= 15 is 0 Å². The number of nitriles is 1. The molecular weight excluding hydrogens is 324 g/mol. The maximum atomic E-state index is 12.5. The lowest BCUT2D eigenvalue weighted by Gasteiger charge is -2.17. The molecule has 1 atom stereocenters. The summed E-state index contributed by atoms with van der Waals surface area (Å²) in [5.74, 6) is -0.316. The normalized spacial score (nSPS) is 16.9. The van der Waals surface area contributed by atoms with E-state index in [9.17, 15) is 9.59 Å². The van der Waals surface area contributed by atoms with Gasteiger partial charge in [-0.1, -0.05) is 12.1 Å². The maximum absolute atomic E-state index is 12.5. The number of aryl methyl sites for hydroxylation is 1. The lowest BCUT2D eigenvalue weighted by molar-refractivity contribution is -0.129. The van der Waals surface area contributed by atoms with Crippen molar-refractivity contribution in [2.75, 3.05) is 6.54 Å². The first kappa shape index (κ1) is 16.1. The van der Waals surface area contributed by atoms with Crippen LogP contribution in [0.15, 0.2) is 29.8 Å². The molecule has 2 amide bonds. The van der Waals surface area contributed by atoms with E-state index in [-0.39, 0.29) is 11.8 Å². The van der Waals surface area contributed by atoms with E-state index in [2.05, 4.69) is 16.4 Å². The van der Waals surface area contributed by atoms with Crippen LogP contribution in [0.1, 0.15) is 32.9 Å². The summed E-state index contributed by atoms with van der Waals surface area (Å²) in [6.07, 6.45) is 0.596. The van der Waals surface area contributed by atoms with E-state index in [0.717, 1.165) is 5.56 Å². The second-order valence-corrected chi connectivity index (χ2v) is 6.50. The Morgan fingerprint density at radius 2 is 2.21 bits per heavy atom. The van der Waals surface area contributed by atoms with Crippen molar-refractivity contribution in [2.45, 2.75) is 25.9 Å². The smallest absolute Gasteiger partial charge is 0.263 e. The Kier molecular flexibility index (Phi) is 4.58. The van der Waals surface area contributed by atoms with Crippen LogP contribution >= 0.6 is 11.3 Å². The zero-order valence-corrected chi connectivity index (χ0v) is 14.0. The van der Waals surface area contributed by atoms with E-state index < -0.39 is 6.04 Å². The summed E-state index contributed by atoms with van der Waals surface area (Å²) in [7, 11) is 0. The minimum absolute atomic E-state index is 0.0742. The van der Waals surface area contributed by atoms with Gasteiger partial charge in [-0.05, 0) is 31.0 Å². The average molecular weight is 340 g/mol. The number of carbonyl (C=O) groups is 2. The molecule has 0 aliphatic carbocycles. The molecule has 0 unspecified atom stereocenters. The molecule has 0 saturated carbocycles. The third kappa shape index (κ3) is 3.29. The fraction of sp³-hybridized carbons (Fsp3) is 0.294. The van der Waals surface area contributed by atoms with Gasteiger partial charge in [0.25, 0.3) is 5.91 Å². The van der Waals surface area contributed by atoms with Gasteiger partial charge >= 0.3 is 0 Å². The van der Waals surface area contributed by atoms with Gasteiger partial charge in [0.2, 0.25) is 5.91 Å². The Balaban J connectivity index is 1.61. The summed E-state index contributed by atoms with van der Waals surface area (Å²) in [6, 6.07) is 8.75. The molecule has 0 radical (unpaired) electrons. The van der Waals surface area contributed by atoms with Gasteiger partial charge in [-0.15, -0.1) is 11.3 Å². The van der Waals surface area contributed by atoms with Crippen molar-refractivity contribution >= 4 is 23.2 Å². The molecule has 7 heteroatoms. The molecule has 1 aliphatic heterocycles. The maximum Gasteiger partial charge on any atom is 0.263 e. The van der Waals surface area contributed by atoms with Crippen molar-refractivity contribution in [2.24, 2.45) is 0 Å². The van der Waals surface area contributed by atoms with Crippen LogP contribution in [0.4, 0.5) is 0 Å². The van der Waals surface area contributed by atoms with Gasteiger partial charge in [-0.2, -0.15) is 5.26 Å². The van der Waals surface area contributed by atoms with Gasteiger partial charge in [0.05, 0.1) is 22.8 Å². The molecule has 122 valence electrons. The number of likely N-dealkylation sites (tertiary alicyclic amines) is 1. The topological polar surface area (TPSA) is 86.1 Å². The molecule has 1 fully saturated rings. The Morgan fingerprint density at radius 3 is 2.83 bits per heavy atom. The molecule has 1 aromatic heterocycles. The summed E-state index contributed by atoms with van der Waals surface area (Å²) in [6.45, 7) is 2.86. The third-order valence-electron chi connectivity index (χ3n) is 4.01. The molecule has 3 rings (SSSR count). The standard InChI is InChI=1S/C17H16N4O2S/c1-11-15(24-10-19-11)16(22)20-14-6-7-21(17(14)23)9-13-4-2-12(8-18)3-5-13/h2-5,10,14H,6-7,9H2,1H3,(H,20,22)/t14-/m1/s1. The van der Waals surface area contributed by atoms with Gasteiger partial charge in [0.15, 0.2) is 0 Å². The predicted octanol–water partition coefficient (Wildman–Crippen LogP) is 1.85.